The highest BCUT2D eigenvalue weighted by molar-refractivity contribution is 5.22. The van der Waals surface area contributed by atoms with Gasteiger partial charge in [0, 0.05) is 0 Å². The Bertz CT molecular complexity index is 451. The molecule has 0 spiro atoms. The zero-order chi connectivity index (χ0) is 11.8. The van der Waals surface area contributed by atoms with Gasteiger partial charge in [0.05, 0.1) is 0 Å². The van der Waals surface area contributed by atoms with Crippen LogP contribution in [-0.4, -0.2) is 0 Å². The van der Waals surface area contributed by atoms with E-state index in [1.807, 2.05) is 60.7 Å². The smallest absolute Gasteiger partial charge is 0.136 e. The van der Waals surface area contributed by atoms with Crippen LogP contribution in [0.4, 0.5) is 0 Å². The van der Waals surface area contributed by atoms with Gasteiger partial charge >= 0.3 is 0 Å². The quantitative estimate of drug-likeness (QED) is 0.581. The molecule has 0 radical (unpaired) electrons. The number of benzene rings is 2. The molecule has 0 aliphatic carbocycles. The molecule has 0 aliphatic rings. The maximum absolute atomic E-state index is 5.30. The zero-order valence-electron chi connectivity index (χ0n) is 9.24. The molecule has 2 rings (SSSR count). The molecule has 0 saturated heterocycles. The van der Waals surface area contributed by atoms with E-state index in [9.17, 15) is 0 Å². The molecule has 0 unspecified atom stereocenters. The van der Waals surface area contributed by atoms with Crippen molar-refractivity contribution in [1.29, 1.82) is 0 Å². The van der Waals surface area contributed by atoms with Crippen molar-refractivity contribution in [3.63, 3.8) is 0 Å². The summed E-state index contributed by atoms with van der Waals surface area (Å²) in [6.07, 6.45) is 2.91. The summed E-state index contributed by atoms with van der Waals surface area (Å²) >= 11 is 0. The van der Waals surface area contributed by atoms with Gasteiger partial charge in [-0.05, 0) is 30.0 Å². The first kappa shape index (κ1) is 11.1. The lowest BCUT2D eigenvalue weighted by molar-refractivity contribution is 0.467. The molecular formula is C15H12O2. The fourth-order valence-electron chi connectivity index (χ4n) is 1.23. The van der Waals surface area contributed by atoms with Gasteiger partial charge in [-0.15, -0.1) is 0 Å². The highest BCUT2D eigenvalue weighted by Crippen LogP contribution is 2.09. The predicted octanol–water partition coefficient (Wildman–Crippen LogP) is 3.77. The van der Waals surface area contributed by atoms with E-state index in [4.69, 9.17) is 9.47 Å². The molecule has 0 N–H and O–H groups in total. The van der Waals surface area contributed by atoms with Gasteiger partial charge in [0.2, 0.25) is 0 Å². The van der Waals surface area contributed by atoms with Crippen molar-refractivity contribution in [1.82, 2.24) is 0 Å². The van der Waals surface area contributed by atoms with Crippen LogP contribution in [0.1, 0.15) is 0 Å². The second-order valence-corrected chi connectivity index (χ2v) is 3.26. The molecule has 2 heteroatoms. The maximum Gasteiger partial charge on any atom is 0.136 e. The van der Waals surface area contributed by atoms with Gasteiger partial charge in [-0.25, -0.2) is 0 Å². The highest BCUT2D eigenvalue weighted by Gasteiger charge is 1.85. The predicted molar refractivity (Wildman–Crippen MR) is 66.8 cm³/mol. The van der Waals surface area contributed by atoms with Crippen LogP contribution in [0.2, 0.25) is 0 Å². The van der Waals surface area contributed by atoms with Gasteiger partial charge in [-0.1, -0.05) is 36.4 Å². The lowest BCUT2D eigenvalue weighted by Crippen LogP contribution is -1.81. The molecule has 84 valence electrons. The fraction of sp³-hybridized carbons (Fsp3) is 0. The highest BCUT2D eigenvalue weighted by atomic mass is 16.5. The first-order chi connectivity index (χ1) is 8.45. The summed E-state index contributed by atoms with van der Waals surface area (Å²) in [6.45, 7) is 0. The van der Waals surface area contributed by atoms with E-state index in [0.717, 1.165) is 11.5 Å². The molecule has 2 aromatic rings. The molecule has 17 heavy (non-hydrogen) atoms. The number of ether oxygens (including phenoxy) is 2. The van der Waals surface area contributed by atoms with Gasteiger partial charge in [0.15, 0.2) is 0 Å². The van der Waals surface area contributed by atoms with E-state index in [2.05, 4.69) is 5.73 Å². The summed E-state index contributed by atoms with van der Waals surface area (Å²) in [6, 6.07) is 19.0. The van der Waals surface area contributed by atoms with Crippen LogP contribution in [0.25, 0.3) is 0 Å². The monoisotopic (exact) mass is 224 g/mol. The van der Waals surface area contributed by atoms with Crippen molar-refractivity contribution < 1.29 is 9.47 Å². The summed E-state index contributed by atoms with van der Waals surface area (Å²) in [7, 11) is 0. The summed E-state index contributed by atoms with van der Waals surface area (Å²) in [5.74, 6) is 1.54. The normalized spacial score (nSPS) is 8.94. The van der Waals surface area contributed by atoms with Crippen molar-refractivity contribution in [2.24, 2.45) is 0 Å². The molecule has 0 aliphatic heterocycles. The second kappa shape index (κ2) is 6.21. The molecule has 2 aromatic carbocycles. The zero-order valence-corrected chi connectivity index (χ0v) is 9.24. The van der Waals surface area contributed by atoms with Crippen LogP contribution < -0.4 is 9.47 Å². The third-order valence-electron chi connectivity index (χ3n) is 2.01. The van der Waals surface area contributed by atoms with Crippen molar-refractivity contribution in [3.05, 3.63) is 78.9 Å². The van der Waals surface area contributed by atoms with Crippen LogP contribution in [0.3, 0.4) is 0 Å². The van der Waals surface area contributed by atoms with Crippen LogP contribution >= 0.6 is 0 Å². The van der Waals surface area contributed by atoms with Gasteiger partial charge in [-0.2, -0.15) is 0 Å². The van der Waals surface area contributed by atoms with Crippen LogP contribution in [0, 0.1) is 0 Å². The Labute approximate surface area is 100 Å². The van der Waals surface area contributed by atoms with E-state index in [-0.39, 0.29) is 0 Å². The molecule has 0 bridgehead atoms. The maximum atomic E-state index is 5.30. The lowest BCUT2D eigenvalue weighted by Gasteiger charge is -1.97. The van der Waals surface area contributed by atoms with E-state index in [1.54, 1.807) is 0 Å². The van der Waals surface area contributed by atoms with Crippen LogP contribution in [-0.2, 0) is 0 Å². The molecule has 0 amide bonds. The number of hydrogen-bond donors (Lipinski definition) is 0. The minimum absolute atomic E-state index is 0.771. The molecule has 0 saturated carbocycles. The van der Waals surface area contributed by atoms with Crippen molar-refractivity contribution in [3.8, 4) is 11.5 Å². The van der Waals surface area contributed by atoms with E-state index in [1.165, 1.54) is 12.5 Å². The van der Waals surface area contributed by atoms with Gasteiger partial charge < -0.3 is 9.47 Å². The molecular weight excluding hydrogens is 212 g/mol. The Morgan fingerprint density at radius 1 is 0.647 bits per heavy atom. The number of rotatable bonds is 4. The molecule has 0 aromatic heterocycles. The Hall–Kier alpha value is -2.44. The summed E-state index contributed by atoms with van der Waals surface area (Å²) in [4.78, 5) is 0. The Morgan fingerprint density at radius 3 is 1.47 bits per heavy atom. The minimum Gasteiger partial charge on any atom is -0.457 e. The van der Waals surface area contributed by atoms with E-state index in [0.29, 0.717) is 0 Å². The molecule has 2 nitrogen and oxygen atoms in total. The summed E-state index contributed by atoms with van der Waals surface area (Å²) in [5, 5.41) is 0. The van der Waals surface area contributed by atoms with Crippen molar-refractivity contribution >= 4 is 0 Å². The van der Waals surface area contributed by atoms with Gasteiger partial charge in [0.1, 0.15) is 24.0 Å². The Balaban J connectivity index is 1.85. The van der Waals surface area contributed by atoms with Crippen molar-refractivity contribution in [2.45, 2.75) is 0 Å². The first-order valence-corrected chi connectivity index (χ1v) is 5.28. The number of para-hydroxylation sites is 2. The van der Waals surface area contributed by atoms with E-state index < -0.39 is 0 Å². The average Bonchev–Trinajstić information content (AvgIpc) is 2.41. The summed E-state index contributed by atoms with van der Waals surface area (Å²) in [5.41, 5.74) is 2.79. The topological polar surface area (TPSA) is 18.5 Å². The minimum atomic E-state index is 0.771. The van der Waals surface area contributed by atoms with Crippen LogP contribution in [0.15, 0.2) is 78.9 Å². The fourth-order valence-corrected chi connectivity index (χ4v) is 1.23. The SMILES string of the molecule is C(=COc1ccccc1)=COc1ccccc1. The number of hydrogen-bond acceptors (Lipinski definition) is 2. The third-order valence-corrected chi connectivity index (χ3v) is 2.01. The largest absolute Gasteiger partial charge is 0.457 e. The molecule has 0 heterocycles. The standard InChI is InChI=1S/C15H12O2/c1-3-8-14(9-4-1)16-12-7-13-17-15-10-5-2-6-11-15/h1-6,8-13H. The molecule has 0 atom stereocenters. The Morgan fingerprint density at radius 2 is 1.06 bits per heavy atom. The summed E-state index contributed by atoms with van der Waals surface area (Å²) < 4.78 is 10.6. The first-order valence-electron chi connectivity index (χ1n) is 5.28. The molecule has 0 fully saturated rings. The average molecular weight is 224 g/mol. The lowest BCUT2D eigenvalue weighted by atomic mass is 10.3. The second-order valence-electron chi connectivity index (χ2n) is 3.26. The van der Waals surface area contributed by atoms with Crippen LogP contribution in [0.5, 0.6) is 11.5 Å². The Kier molecular flexibility index (Phi) is 4.04. The van der Waals surface area contributed by atoms with Crippen molar-refractivity contribution in [2.75, 3.05) is 0 Å². The van der Waals surface area contributed by atoms with Gasteiger partial charge in [-0.3, -0.25) is 0 Å². The third kappa shape index (κ3) is 3.90. The van der Waals surface area contributed by atoms with E-state index >= 15 is 0 Å². The van der Waals surface area contributed by atoms with Gasteiger partial charge in [0.25, 0.3) is 0 Å².